The molecule has 1 aliphatic heterocycles. The highest BCUT2D eigenvalue weighted by molar-refractivity contribution is 8.02. The first-order valence-corrected chi connectivity index (χ1v) is 4.98. The lowest BCUT2D eigenvalue weighted by Gasteiger charge is -2.13. The Balaban J connectivity index is 2.44. The Morgan fingerprint density at radius 1 is 1.82 bits per heavy atom. The molecule has 0 saturated carbocycles. The maximum atomic E-state index is 11.3. The van der Waals surface area contributed by atoms with E-state index in [2.05, 4.69) is 5.32 Å². The zero-order valence-electron chi connectivity index (χ0n) is 6.72. The molecule has 0 amide bonds. The summed E-state index contributed by atoms with van der Waals surface area (Å²) < 4.78 is 0. The summed E-state index contributed by atoms with van der Waals surface area (Å²) in [5.41, 5.74) is 0.808. The predicted molar refractivity (Wildman–Crippen MR) is 48.5 cm³/mol. The highest BCUT2D eigenvalue weighted by Gasteiger charge is 2.09. The largest absolute Gasteiger partial charge is 0.381 e. The first-order valence-electron chi connectivity index (χ1n) is 3.93. The summed E-state index contributed by atoms with van der Waals surface area (Å²) in [4.78, 5) is 11.3. The summed E-state index contributed by atoms with van der Waals surface area (Å²) in [7, 11) is 0. The van der Waals surface area contributed by atoms with E-state index in [1.807, 2.05) is 12.3 Å². The van der Waals surface area contributed by atoms with Crippen molar-refractivity contribution in [2.75, 3.05) is 12.3 Å². The van der Waals surface area contributed by atoms with Gasteiger partial charge in [0.25, 0.3) is 0 Å². The van der Waals surface area contributed by atoms with Gasteiger partial charge in [0.1, 0.15) is 0 Å². The molecule has 0 spiro atoms. The highest BCUT2D eigenvalue weighted by Crippen LogP contribution is 2.12. The predicted octanol–water partition coefficient (Wildman–Crippen LogP) is 1.53. The molecule has 1 rings (SSSR count). The van der Waals surface area contributed by atoms with Crippen molar-refractivity contribution in [3.63, 3.8) is 0 Å². The molecular formula is C8H13NOS. The Bertz CT molecular complexity index is 177. The first-order chi connectivity index (χ1) is 5.34. The number of hydrogen-bond donors (Lipinski definition) is 1. The smallest absolute Gasteiger partial charge is 0.179 e. The van der Waals surface area contributed by atoms with Crippen LogP contribution in [0.4, 0.5) is 0 Å². The average molecular weight is 171 g/mol. The maximum absolute atomic E-state index is 11.3. The second kappa shape index (κ2) is 4.44. The SMILES string of the molecule is CCCC(=O)C1=CSCCN1. The number of Topliss-reactive ketones (excluding diaryl/α,β-unsaturated/α-hetero) is 1. The normalized spacial score (nSPS) is 17.0. The summed E-state index contributed by atoms with van der Waals surface area (Å²) in [5, 5.41) is 5.03. The molecule has 0 atom stereocenters. The molecule has 11 heavy (non-hydrogen) atoms. The third-order valence-corrected chi connectivity index (χ3v) is 2.36. The minimum atomic E-state index is 0.250. The van der Waals surface area contributed by atoms with Crippen LogP contribution in [-0.2, 0) is 4.79 Å². The summed E-state index contributed by atoms with van der Waals surface area (Å²) in [5.74, 6) is 1.32. The van der Waals surface area contributed by atoms with E-state index in [0.29, 0.717) is 6.42 Å². The maximum Gasteiger partial charge on any atom is 0.179 e. The summed E-state index contributed by atoms with van der Waals surface area (Å²) in [6, 6.07) is 0. The van der Waals surface area contributed by atoms with Gasteiger partial charge in [-0.15, -0.1) is 11.8 Å². The van der Waals surface area contributed by atoms with Crippen LogP contribution in [0.5, 0.6) is 0 Å². The number of hydrogen-bond acceptors (Lipinski definition) is 3. The van der Waals surface area contributed by atoms with Crippen LogP contribution < -0.4 is 5.32 Å². The van der Waals surface area contributed by atoms with Gasteiger partial charge >= 0.3 is 0 Å². The lowest BCUT2D eigenvalue weighted by Crippen LogP contribution is -2.25. The zero-order chi connectivity index (χ0) is 8.10. The highest BCUT2D eigenvalue weighted by atomic mass is 32.2. The van der Waals surface area contributed by atoms with Crippen LogP contribution in [0.1, 0.15) is 19.8 Å². The molecule has 0 saturated heterocycles. The van der Waals surface area contributed by atoms with Crippen LogP contribution >= 0.6 is 11.8 Å². The van der Waals surface area contributed by atoms with Gasteiger partial charge in [0, 0.05) is 18.7 Å². The quantitative estimate of drug-likeness (QED) is 0.698. The van der Waals surface area contributed by atoms with Gasteiger partial charge in [-0.2, -0.15) is 0 Å². The monoisotopic (exact) mass is 171 g/mol. The van der Waals surface area contributed by atoms with E-state index in [9.17, 15) is 4.79 Å². The van der Waals surface area contributed by atoms with Crippen molar-refractivity contribution in [1.82, 2.24) is 5.32 Å². The van der Waals surface area contributed by atoms with Crippen LogP contribution in [0.3, 0.4) is 0 Å². The number of carbonyl (C=O) groups excluding carboxylic acids is 1. The van der Waals surface area contributed by atoms with Crippen LogP contribution in [0, 0.1) is 0 Å². The second-order valence-corrected chi connectivity index (χ2v) is 3.48. The van der Waals surface area contributed by atoms with E-state index in [4.69, 9.17) is 0 Å². The van der Waals surface area contributed by atoms with Crippen molar-refractivity contribution in [3.05, 3.63) is 11.1 Å². The molecule has 0 aromatic heterocycles. The van der Waals surface area contributed by atoms with Gasteiger partial charge in [0.15, 0.2) is 5.78 Å². The van der Waals surface area contributed by atoms with Crippen molar-refractivity contribution in [3.8, 4) is 0 Å². The zero-order valence-corrected chi connectivity index (χ0v) is 7.54. The summed E-state index contributed by atoms with van der Waals surface area (Å²) in [6.07, 6.45) is 1.60. The summed E-state index contributed by atoms with van der Waals surface area (Å²) in [6.45, 7) is 2.94. The first kappa shape index (κ1) is 8.65. The Hall–Kier alpha value is -0.440. The molecule has 1 N–H and O–H groups in total. The van der Waals surface area contributed by atoms with Crippen molar-refractivity contribution < 1.29 is 4.79 Å². The Kier molecular flexibility index (Phi) is 3.49. The molecule has 0 fully saturated rings. The van der Waals surface area contributed by atoms with Crippen molar-refractivity contribution in [1.29, 1.82) is 0 Å². The van der Waals surface area contributed by atoms with Gasteiger partial charge in [-0.1, -0.05) is 6.92 Å². The molecule has 0 aromatic carbocycles. The van der Waals surface area contributed by atoms with E-state index < -0.39 is 0 Å². The third-order valence-electron chi connectivity index (χ3n) is 1.51. The Morgan fingerprint density at radius 3 is 3.18 bits per heavy atom. The Labute approximate surface area is 71.4 Å². The fourth-order valence-corrected chi connectivity index (χ4v) is 1.67. The number of carbonyl (C=O) groups is 1. The number of nitrogens with one attached hydrogen (secondary N) is 1. The van der Waals surface area contributed by atoms with Crippen LogP contribution in [-0.4, -0.2) is 18.1 Å². The van der Waals surface area contributed by atoms with Gasteiger partial charge in [0.05, 0.1) is 5.70 Å². The number of allylic oxidation sites excluding steroid dienone is 1. The van der Waals surface area contributed by atoms with Crippen molar-refractivity contribution in [2.24, 2.45) is 0 Å². The fraction of sp³-hybridized carbons (Fsp3) is 0.625. The van der Waals surface area contributed by atoms with E-state index in [1.165, 1.54) is 0 Å². The summed E-state index contributed by atoms with van der Waals surface area (Å²) >= 11 is 1.71. The van der Waals surface area contributed by atoms with Gasteiger partial charge in [-0.25, -0.2) is 0 Å². The van der Waals surface area contributed by atoms with E-state index in [-0.39, 0.29) is 5.78 Å². The molecule has 2 nitrogen and oxygen atoms in total. The molecule has 0 bridgehead atoms. The number of rotatable bonds is 3. The molecule has 62 valence electrons. The minimum Gasteiger partial charge on any atom is -0.381 e. The van der Waals surface area contributed by atoms with Crippen molar-refractivity contribution >= 4 is 17.5 Å². The number of ketones is 1. The standard InChI is InChI=1S/C8H13NOS/c1-2-3-8(10)7-6-11-5-4-9-7/h6,9H,2-5H2,1H3. The van der Waals surface area contributed by atoms with Gasteiger partial charge in [-0.05, 0) is 11.8 Å². The van der Waals surface area contributed by atoms with E-state index >= 15 is 0 Å². The molecular weight excluding hydrogens is 158 g/mol. The van der Waals surface area contributed by atoms with Gasteiger partial charge in [0.2, 0.25) is 0 Å². The average Bonchev–Trinajstić information content (AvgIpc) is 2.07. The van der Waals surface area contributed by atoms with E-state index in [1.54, 1.807) is 11.8 Å². The van der Waals surface area contributed by atoms with Crippen LogP contribution in [0.2, 0.25) is 0 Å². The van der Waals surface area contributed by atoms with Gasteiger partial charge in [-0.3, -0.25) is 4.79 Å². The van der Waals surface area contributed by atoms with E-state index in [0.717, 1.165) is 24.4 Å². The topological polar surface area (TPSA) is 29.1 Å². The van der Waals surface area contributed by atoms with Crippen LogP contribution in [0.15, 0.2) is 11.1 Å². The molecule has 0 unspecified atom stereocenters. The lowest BCUT2D eigenvalue weighted by atomic mass is 10.2. The number of thioether (sulfide) groups is 1. The third kappa shape index (κ3) is 2.58. The van der Waals surface area contributed by atoms with Gasteiger partial charge < -0.3 is 5.32 Å². The van der Waals surface area contributed by atoms with Crippen LogP contribution in [0.25, 0.3) is 0 Å². The molecule has 1 aliphatic rings. The molecule has 0 aliphatic carbocycles. The lowest BCUT2D eigenvalue weighted by molar-refractivity contribution is -0.115. The molecule has 0 radical (unpaired) electrons. The molecule has 3 heteroatoms. The fourth-order valence-electron chi connectivity index (χ4n) is 0.955. The molecule has 1 heterocycles. The second-order valence-electron chi connectivity index (χ2n) is 2.50. The Morgan fingerprint density at radius 2 is 2.64 bits per heavy atom. The van der Waals surface area contributed by atoms with Crippen molar-refractivity contribution in [2.45, 2.75) is 19.8 Å². The molecule has 0 aromatic rings. The minimum absolute atomic E-state index is 0.250.